The molecule has 1 rings (SSSR count). The lowest BCUT2D eigenvalue weighted by Crippen LogP contribution is -2.35. The maximum Gasteiger partial charge on any atom is 0.404 e. The number of aliphatic imine (C=N–C) groups is 1. The summed E-state index contributed by atoms with van der Waals surface area (Å²) < 4.78 is 4.55. The fourth-order valence-electron chi connectivity index (χ4n) is 1.04. The third kappa shape index (κ3) is 4.36. The van der Waals surface area contributed by atoms with Crippen LogP contribution in [0, 0.1) is 0 Å². The van der Waals surface area contributed by atoms with Crippen molar-refractivity contribution in [2.75, 3.05) is 18.9 Å². The molecule has 0 aromatic rings. The summed E-state index contributed by atoms with van der Waals surface area (Å²) in [5.41, 5.74) is 4.80. The number of carbonyl (C=O) groups excluding carboxylic acids is 1. The second-order valence-electron chi connectivity index (χ2n) is 3.04. The van der Waals surface area contributed by atoms with Gasteiger partial charge in [-0.1, -0.05) is 11.8 Å². The van der Waals surface area contributed by atoms with Gasteiger partial charge in [-0.25, -0.2) is 4.79 Å². The standard InChI is InChI=1S/C8H15N3O2S/c1-6-2-5-14-8(11-6)10-3-4-13-7(9)12/h6H,2-5H2,1H3,(H2,9,12)(H,10,11). The van der Waals surface area contributed by atoms with Crippen molar-refractivity contribution < 1.29 is 9.53 Å². The number of primary amides is 1. The maximum absolute atomic E-state index is 10.2. The van der Waals surface area contributed by atoms with E-state index in [2.05, 4.69) is 22.0 Å². The molecule has 6 heteroatoms. The highest BCUT2D eigenvalue weighted by Crippen LogP contribution is 2.12. The van der Waals surface area contributed by atoms with Crippen LogP contribution in [0.15, 0.2) is 4.99 Å². The number of amidine groups is 1. The Kier molecular flexibility index (Phi) is 4.58. The van der Waals surface area contributed by atoms with E-state index < -0.39 is 6.09 Å². The van der Waals surface area contributed by atoms with E-state index in [1.165, 1.54) is 0 Å². The summed E-state index contributed by atoms with van der Waals surface area (Å²) >= 11 is 1.69. The predicted octanol–water partition coefficient (Wildman–Crippen LogP) is 0.553. The maximum atomic E-state index is 10.2. The molecule has 0 aromatic carbocycles. The average Bonchev–Trinajstić information content (AvgIpc) is 2.12. The van der Waals surface area contributed by atoms with E-state index in [0.29, 0.717) is 12.6 Å². The molecule has 1 saturated heterocycles. The summed E-state index contributed by atoms with van der Waals surface area (Å²) in [5, 5.41) is 4.17. The van der Waals surface area contributed by atoms with Crippen LogP contribution in [0.25, 0.3) is 0 Å². The number of nitrogens with two attached hydrogens (primary N) is 1. The minimum Gasteiger partial charge on any atom is -0.448 e. The van der Waals surface area contributed by atoms with Crippen LogP contribution in [0.3, 0.4) is 0 Å². The van der Waals surface area contributed by atoms with Crippen LogP contribution in [-0.2, 0) is 4.74 Å². The molecule has 0 bridgehead atoms. The highest BCUT2D eigenvalue weighted by atomic mass is 32.2. The predicted molar refractivity (Wildman–Crippen MR) is 57.5 cm³/mol. The van der Waals surface area contributed by atoms with Crippen LogP contribution in [0.4, 0.5) is 4.79 Å². The molecule has 0 aliphatic carbocycles. The van der Waals surface area contributed by atoms with Crippen LogP contribution in [0.1, 0.15) is 13.3 Å². The highest BCUT2D eigenvalue weighted by Gasteiger charge is 2.12. The SMILES string of the molecule is CC1CCSC(=NCCOC(N)=O)N1. The van der Waals surface area contributed by atoms with E-state index in [1.54, 1.807) is 11.8 Å². The molecular formula is C8H15N3O2S. The Labute approximate surface area is 87.5 Å². The number of carbonyl (C=O) groups is 1. The summed E-state index contributed by atoms with van der Waals surface area (Å²) in [6.45, 7) is 2.83. The first-order valence-corrected chi connectivity index (χ1v) is 5.53. The molecule has 1 amide bonds. The number of amides is 1. The zero-order valence-corrected chi connectivity index (χ0v) is 8.97. The third-order valence-electron chi connectivity index (χ3n) is 1.75. The summed E-state index contributed by atoms with van der Waals surface area (Å²) in [4.78, 5) is 14.5. The van der Waals surface area contributed by atoms with E-state index in [9.17, 15) is 4.79 Å². The van der Waals surface area contributed by atoms with Gasteiger partial charge < -0.3 is 15.8 Å². The van der Waals surface area contributed by atoms with E-state index in [1.807, 2.05) is 0 Å². The summed E-state index contributed by atoms with van der Waals surface area (Å²) in [7, 11) is 0. The lowest BCUT2D eigenvalue weighted by Gasteiger charge is -2.21. The number of thioether (sulfide) groups is 1. The molecule has 1 unspecified atom stereocenters. The molecule has 80 valence electrons. The second kappa shape index (κ2) is 5.74. The molecule has 1 atom stereocenters. The lowest BCUT2D eigenvalue weighted by atomic mass is 10.3. The molecule has 1 aliphatic rings. The Balaban J connectivity index is 2.19. The Morgan fingerprint density at radius 1 is 1.86 bits per heavy atom. The van der Waals surface area contributed by atoms with Crippen molar-refractivity contribution >= 4 is 23.0 Å². The Morgan fingerprint density at radius 2 is 2.64 bits per heavy atom. The topological polar surface area (TPSA) is 76.7 Å². The van der Waals surface area contributed by atoms with Gasteiger partial charge in [0, 0.05) is 11.8 Å². The minimum absolute atomic E-state index is 0.245. The first-order valence-electron chi connectivity index (χ1n) is 4.54. The van der Waals surface area contributed by atoms with Crippen molar-refractivity contribution in [1.29, 1.82) is 0 Å². The zero-order chi connectivity index (χ0) is 10.4. The first kappa shape index (κ1) is 11.2. The van der Waals surface area contributed by atoms with Gasteiger partial charge in [0.15, 0.2) is 5.17 Å². The smallest absolute Gasteiger partial charge is 0.404 e. The number of nitrogens with one attached hydrogen (secondary N) is 1. The van der Waals surface area contributed by atoms with Crippen LogP contribution in [-0.4, -0.2) is 36.2 Å². The first-order chi connectivity index (χ1) is 6.68. The number of hydrogen-bond donors (Lipinski definition) is 2. The minimum atomic E-state index is -0.747. The summed E-state index contributed by atoms with van der Waals surface area (Å²) in [5.74, 6) is 1.09. The monoisotopic (exact) mass is 217 g/mol. The van der Waals surface area contributed by atoms with Crippen molar-refractivity contribution in [1.82, 2.24) is 5.32 Å². The summed E-state index contributed by atoms with van der Waals surface area (Å²) in [6, 6.07) is 0.479. The largest absolute Gasteiger partial charge is 0.448 e. The van der Waals surface area contributed by atoms with Crippen LogP contribution >= 0.6 is 11.8 Å². The van der Waals surface area contributed by atoms with Crippen molar-refractivity contribution in [2.24, 2.45) is 10.7 Å². The second-order valence-corrected chi connectivity index (χ2v) is 4.12. The molecule has 1 fully saturated rings. The average molecular weight is 217 g/mol. The van der Waals surface area contributed by atoms with E-state index in [0.717, 1.165) is 17.3 Å². The number of ether oxygens (including phenoxy) is 1. The van der Waals surface area contributed by atoms with Crippen molar-refractivity contribution in [2.45, 2.75) is 19.4 Å². The molecule has 0 spiro atoms. The molecule has 0 saturated carbocycles. The zero-order valence-electron chi connectivity index (χ0n) is 8.16. The Bertz CT molecular complexity index is 233. The molecular weight excluding hydrogens is 202 g/mol. The Hall–Kier alpha value is -0.910. The van der Waals surface area contributed by atoms with Crippen molar-refractivity contribution in [3.8, 4) is 0 Å². The fourth-order valence-corrected chi connectivity index (χ4v) is 2.17. The van der Waals surface area contributed by atoms with Gasteiger partial charge in [0.2, 0.25) is 0 Å². The van der Waals surface area contributed by atoms with Crippen molar-refractivity contribution in [3.05, 3.63) is 0 Å². The molecule has 1 aliphatic heterocycles. The van der Waals surface area contributed by atoms with Gasteiger partial charge in [-0.05, 0) is 13.3 Å². The molecule has 1 heterocycles. The van der Waals surface area contributed by atoms with Gasteiger partial charge in [0.25, 0.3) is 0 Å². The van der Waals surface area contributed by atoms with Gasteiger partial charge in [-0.2, -0.15) is 0 Å². The van der Waals surface area contributed by atoms with E-state index in [4.69, 9.17) is 5.73 Å². The van der Waals surface area contributed by atoms with E-state index >= 15 is 0 Å². The molecule has 3 N–H and O–H groups in total. The molecule has 0 radical (unpaired) electrons. The highest BCUT2D eigenvalue weighted by molar-refractivity contribution is 8.13. The summed E-state index contributed by atoms with van der Waals surface area (Å²) in [6.07, 6.45) is 0.407. The third-order valence-corrected chi connectivity index (χ3v) is 2.71. The van der Waals surface area contributed by atoms with Crippen LogP contribution in [0.2, 0.25) is 0 Å². The van der Waals surface area contributed by atoms with Gasteiger partial charge in [-0.3, -0.25) is 4.99 Å². The normalized spacial score (nSPS) is 24.4. The quantitative estimate of drug-likeness (QED) is 0.677. The van der Waals surface area contributed by atoms with Gasteiger partial charge in [0.1, 0.15) is 6.61 Å². The van der Waals surface area contributed by atoms with Gasteiger partial charge in [-0.15, -0.1) is 0 Å². The fraction of sp³-hybridized carbons (Fsp3) is 0.750. The number of nitrogens with zero attached hydrogens (tertiary/aromatic N) is 1. The molecule has 5 nitrogen and oxygen atoms in total. The van der Waals surface area contributed by atoms with Crippen LogP contribution < -0.4 is 11.1 Å². The van der Waals surface area contributed by atoms with Crippen molar-refractivity contribution in [3.63, 3.8) is 0 Å². The van der Waals surface area contributed by atoms with Gasteiger partial charge >= 0.3 is 6.09 Å². The van der Waals surface area contributed by atoms with Crippen LogP contribution in [0.5, 0.6) is 0 Å². The molecule has 14 heavy (non-hydrogen) atoms. The van der Waals surface area contributed by atoms with Gasteiger partial charge in [0.05, 0.1) is 6.54 Å². The number of rotatable bonds is 3. The lowest BCUT2D eigenvalue weighted by molar-refractivity contribution is 0.160. The molecule has 0 aromatic heterocycles. The Morgan fingerprint density at radius 3 is 3.29 bits per heavy atom. The number of hydrogen-bond acceptors (Lipinski definition) is 4. The van der Waals surface area contributed by atoms with E-state index in [-0.39, 0.29) is 6.61 Å².